The molecule has 1 aliphatic heterocycles. The van der Waals surface area contributed by atoms with Gasteiger partial charge in [0, 0.05) is 44.5 Å². The molecule has 2 rings (SSSR count). The molecule has 1 unspecified atom stereocenters. The molecule has 1 saturated heterocycles. The van der Waals surface area contributed by atoms with Crippen LogP contribution in [0.3, 0.4) is 0 Å². The normalized spacial score (nSPS) is 18.8. The van der Waals surface area contributed by atoms with E-state index >= 15 is 0 Å². The number of anilines is 1. The Labute approximate surface area is 115 Å². The molecule has 4 heteroatoms. The second-order valence-electron chi connectivity index (χ2n) is 5.26. The van der Waals surface area contributed by atoms with E-state index < -0.39 is 0 Å². The lowest BCUT2D eigenvalue weighted by atomic mass is 10.2. The molecular formula is C15H22N4. The first kappa shape index (κ1) is 13.9. The number of hydrogen-bond acceptors (Lipinski definition) is 4. The summed E-state index contributed by atoms with van der Waals surface area (Å²) in [6.07, 6.45) is 0. The lowest BCUT2D eigenvalue weighted by molar-refractivity contribution is 0.123. The number of rotatable bonds is 4. The molecule has 4 nitrogen and oxygen atoms in total. The predicted molar refractivity (Wildman–Crippen MR) is 78.2 cm³/mol. The third-order valence-electron chi connectivity index (χ3n) is 3.78. The summed E-state index contributed by atoms with van der Waals surface area (Å²) in [7, 11) is 2.18. The van der Waals surface area contributed by atoms with Crippen molar-refractivity contribution in [3.63, 3.8) is 0 Å². The van der Waals surface area contributed by atoms with Gasteiger partial charge in [0.15, 0.2) is 0 Å². The highest BCUT2D eigenvalue weighted by atomic mass is 15.3. The van der Waals surface area contributed by atoms with Crippen LogP contribution < -0.4 is 5.32 Å². The van der Waals surface area contributed by atoms with E-state index in [1.54, 1.807) is 0 Å². The van der Waals surface area contributed by atoms with Crippen LogP contribution in [-0.2, 0) is 0 Å². The number of nitriles is 1. The zero-order valence-corrected chi connectivity index (χ0v) is 11.8. The second kappa shape index (κ2) is 6.55. The Hall–Kier alpha value is -1.57. The van der Waals surface area contributed by atoms with E-state index in [9.17, 15) is 0 Å². The van der Waals surface area contributed by atoms with Crippen LogP contribution in [0.25, 0.3) is 0 Å². The summed E-state index contributed by atoms with van der Waals surface area (Å²) in [5.74, 6) is 0. The molecular weight excluding hydrogens is 236 g/mol. The molecule has 0 spiro atoms. The molecule has 1 aromatic carbocycles. The van der Waals surface area contributed by atoms with Crippen molar-refractivity contribution in [3.05, 3.63) is 29.8 Å². The van der Waals surface area contributed by atoms with E-state index in [1.165, 1.54) is 0 Å². The zero-order chi connectivity index (χ0) is 13.7. The molecule has 0 aliphatic carbocycles. The van der Waals surface area contributed by atoms with Gasteiger partial charge in [-0.3, -0.25) is 4.90 Å². The number of piperazine rings is 1. The SMILES string of the molecule is CC(CNc1ccc(C#N)cc1)N1CCN(C)CC1. The first-order chi connectivity index (χ1) is 9.19. The molecule has 0 bridgehead atoms. The fraction of sp³-hybridized carbons (Fsp3) is 0.533. The van der Waals surface area contributed by atoms with E-state index in [0.29, 0.717) is 11.6 Å². The molecule has 1 aromatic rings. The third kappa shape index (κ3) is 3.95. The van der Waals surface area contributed by atoms with Gasteiger partial charge in [-0.05, 0) is 38.2 Å². The molecule has 19 heavy (non-hydrogen) atoms. The smallest absolute Gasteiger partial charge is 0.0991 e. The quantitative estimate of drug-likeness (QED) is 0.891. The number of nitrogens with zero attached hydrogens (tertiary/aromatic N) is 3. The van der Waals surface area contributed by atoms with Gasteiger partial charge in [0.25, 0.3) is 0 Å². The van der Waals surface area contributed by atoms with Crippen molar-refractivity contribution < 1.29 is 0 Å². The molecule has 0 amide bonds. The first-order valence-corrected chi connectivity index (χ1v) is 6.85. The van der Waals surface area contributed by atoms with E-state index in [2.05, 4.69) is 35.2 Å². The van der Waals surface area contributed by atoms with Gasteiger partial charge in [0.2, 0.25) is 0 Å². The van der Waals surface area contributed by atoms with Crippen molar-refractivity contribution in [3.8, 4) is 6.07 Å². The van der Waals surface area contributed by atoms with Gasteiger partial charge in [-0.25, -0.2) is 0 Å². The van der Waals surface area contributed by atoms with E-state index in [4.69, 9.17) is 5.26 Å². The Bertz CT molecular complexity index is 426. The summed E-state index contributed by atoms with van der Waals surface area (Å²) in [5, 5.41) is 12.2. The van der Waals surface area contributed by atoms with Crippen molar-refractivity contribution in [1.82, 2.24) is 9.80 Å². The number of hydrogen-bond donors (Lipinski definition) is 1. The van der Waals surface area contributed by atoms with Crippen LogP contribution in [0.4, 0.5) is 5.69 Å². The fourth-order valence-electron chi connectivity index (χ4n) is 2.32. The lowest BCUT2D eigenvalue weighted by Gasteiger charge is -2.36. The largest absolute Gasteiger partial charge is 0.383 e. The fourth-order valence-corrected chi connectivity index (χ4v) is 2.32. The van der Waals surface area contributed by atoms with Crippen LogP contribution >= 0.6 is 0 Å². The minimum absolute atomic E-state index is 0.532. The molecule has 1 fully saturated rings. The monoisotopic (exact) mass is 258 g/mol. The average Bonchev–Trinajstić information content (AvgIpc) is 2.46. The zero-order valence-electron chi connectivity index (χ0n) is 11.8. The van der Waals surface area contributed by atoms with Gasteiger partial charge in [0.1, 0.15) is 0 Å². The maximum atomic E-state index is 8.76. The van der Waals surface area contributed by atoms with E-state index in [1.807, 2.05) is 24.3 Å². The van der Waals surface area contributed by atoms with Crippen LogP contribution in [0.2, 0.25) is 0 Å². The molecule has 0 saturated carbocycles. The minimum Gasteiger partial charge on any atom is -0.383 e. The summed E-state index contributed by atoms with van der Waals surface area (Å²) in [6.45, 7) is 7.80. The van der Waals surface area contributed by atoms with Crippen LogP contribution in [0.5, 0.6) is 0 Å². The van der Waals surface area contributed by atoms with Gasteiger partial charge < -0.3 is 10.2 Å². The van der Waals surface area contributed by atoms with Crippen molar-refractivity contribution in [1.29, 1.82) is 5.26 Å². The standard InChI is InChI=1S/C15H22N4/c1-13(19-9-7-18(2)8-10-19)12-17-15-5-3-14(11-16)4-6-15/h3-6,13,17H,7-10,12H2,1-2H3. The number of likely N-dealkylation sites (N-methyl/N-ethyl adjacent to an activating group) is 1. The van der Waals surface area contributed by atoms with Crippen LogP contribution in [0.1, 0.15) is 12.5 Å². The molecule has 0 aromatic heterocycles. The molecule has 1 aliphatic rings. The van der Waals surface area contributed by atoms with Gasteiger partial charge in [-0.15, -0.1) is 0 Å². The summed E-state index contributed by atoms with van der Waals surface area (Å²) >= 11 is 0. The Kier molecular flexibility index (Phi) is 4.78. The van der Waals surface area contributed by atoms with Crippen molar-refractivity contribution in [2.75, 3.05) is 45.1 Å². The van der Waals surface area contributed by atoms with Crippen molar-refractivity contribution >= 4 is 5.69 Å². The van der Waals surface area contributed by atoms with Gasteiger partial charge in [0.05, 0.1) is 11.6 Å². The highest BCUT2D eigenvalue weighted by molar-refractivity contribution is 5.47. The summed E-state index contributed by atoms with van der Waals surface area (Å²) in [6, 6.07) is 10.3. The van der Waals surface area contributed by atoms with Crippen molar-refractivity contribution in [2.45, 2.75) is 13.0 Å². The Balaban J connectivity index is 1.79. The number of nitrogens with one attached hydrogen (secondary N) is 1. The maximum Gasteiger partial charge on any atom is 0.0991 e. The third-order valence-corrected chi connectivity index (χ3v) is 3.78. The molecule has 1 N–H and O–H groups in total. The molecule has 1 atom stereocenters. The summed E-state index contributed by atoms with van der Waals surface area (Å²) in [4.78, 5) is 4.90. The highest BCUT2D eigenvalue weighted by Gasteiger charge is 2.18. The van der Waals surface area contributed by atoms with Crippen LogP contribution in [0.15, 0.2) is 24.3 Å². The lowest BCUT2D eigenvalue weighted by Crippen LogP contribution is -2.49. The van der Waals surface area contributed by atoms with E-state index in [-0.39, 0.29) is 0 Å². The molecule has 102 valence electrons. The maximum absolute atomic E-state index is 8.76. The Morgan fingerprint density at radius 1 is 1.21 bits per heavy atom. The van der Waals surface area contributed by atoms with Crippen molar-refractivity contribution in [2.24, 2.45) is 0 Å². The Morgan fingerprint density at radius 2 is 1.84 bits per heavy atom. The Morgan fingerprint density at radius 3 is 2.42 bits per heavy atom. The number of benzene rings is 1. The average molecular weight is 258 g/mol. The van der Waals surface area contributed by atoms with Gasteiger partial charge >= 0.3 is 0 Å². The second-order valence-corrected chi connectivity index (χ2v) is 5.26. The van der Waals surface area contributed by atoms with Gasteiger partial charge in [-0.1, -0.05) is 0 Å². The summed E-state index contributed by atoms with van der Waals surface area (Å²) < 4.78 is 0. The highest BCUT2D eigenvalue weighted by Crippen LogP contribution is 2.10. The van der Waals surface area contributed by atoms with E-state index in [0.717, 1.165) is 38.4 Å². The van der Waals surface area contributed by atoms with Gasteiger partial charge in [-0.2, -0.15) is 5.26 Å². The minimum atomic E-state index is 0.532. The summed E-state index contributed by atoms with van der Waals surface area (Å²) in [5.41, 5.74) is 1.79. The molecule has 0 radical (unpaired) electrons. The first-order valence-electron chi connectivity index (χ1n) is 6.85. The predicted octanol–water partition coefficient (Wildman–Crippen LogP) is 1.61. The molecule has 1 heterocycles. The topological polar surface area (TPSA) is 42.3 Å². The van der Waals surface area contributed by atoms with Crippen LogP contribution in [-0.4, -0.2) is 55.6 Å². The van der Waals surface area contributed by atoms with Crippen LogP contribution in [0, 0.1) is 11.3 Å².